The lowest BCUT2D eigenvalue weighted by Gasteiger charge is -2.11. The molecule has 0 fully saturated rings. The van der Waals surface area contributed by atoms with Gasteiger partial charge >= 0.3 is 0 Å². The molecule has 0 unspecified atom stereocenters. The first-order valence-corrected chi connectivity index (χ1v) is 6.36. The summed E-state index contributed by atoms with van der Waals surface area (Å²) < 4.78 is 10.8. The van der Waals surface area contributed by atoms with Crippen molar-refractivity contribution in [3.8, 4) is 11.5 Å². The molecule has 0 aliphatic heterocycles. The van der Waals surface area contributed by atoms with Crippen LogP contribution >= 0.6 is 0 Å². The molecule has 1 N–H and O–H groups in total. The number of nitro groups is 1. The third-order valence-corrected chi connectivity index (χ3v) is 2.94. The van der Waals surface area contributed by atoms with E-state index in [1.54, 1.807) is 0 Å². The van der Waals surface area contributed by atoms with Crippen LogP contribution in [0, 0.1) is 10.1 Å². The number of rotatable bonds is 6. The van der Waals surface area contributed by atoms with Crippen LogP contribution in [0.3, 0.4) is 0 Å². The Bertz CT molecular complexity index is 686. The highest BCUT2D eigenvalue weighted by Gasteiger charge is 2.19. The Hall–Kier alpha value is -3.09. The monoisotopic (exact) mass is 302 g/mol. The molecule has 114 valence electrons. The molecule has 22 heavy (non-hydrogen) atoms. The molecule has 0 saturated carbocycles. The highest BCUT2D eigenvalue weighted by molar-refractivity contribution is 5.86. The highest BCUT2D eigenvalue weighted by atomic mass is 16.6. The van der Waals surface area contributed by atoms with Crippen LogP contribution in [-0.2, 0) is 6.61 Å². The van der Waals surface area contributed by atoms with Crippen LogP contribution in [0.1, 0.15) is 11.1 Å². The van der Waals surface area contributed by atoms with Crippen molar-refractivity contribution in [1.29, 1.82) is 0 Å². The van der Waals surface area contributed by atoms with E-state index in [0.717, 1.165) is 11.8 Å². The van der Waals surface area contributed by atoms with Gasteiger partial charge in [-0.05, 0) is 11.6 Å². The quantitative estimate of drug-likeness (QED) is 0.383. The maximum atomic E-state index is 11.1. The van der Waals surface area contributed by atoms with Crippen LogP contribution in [0.4, 0.5) is 5.69 Å². The van der Waals surface area contributed by atoms with E-state index in [2.05, 4.69) is 5.16 Å². The topological polar surface area (TPSA) is 94.2 Å². The summed E-state index contributed by atoms with van der Waals surface area (Å²) in [7, 11) is 1.43. The average Bonchev–Trinajstić information content (AvgIpc) is 2.54. The molecule has 0 bridgehead atoms. The number of ether oxygens (including phenoxy) is 2. The van der Waals surface area contributed by atoms with Gasteiger partial charge in [-0.3, -0.25) is 10.1 Å². The van der Waals surface area contributed by atoms with Crippen LogP contribution in [-0.4, -0.2) is 23.5 Å². The summed E-state index contributed by atoms with van der Waals surface area (Å²) in [5.74, 6) is 0.560. The zero-order chi connectivity index (χ0) is 15.9. The number of hydrogen-bond donors (Lipinski definition) is 1. The largest absolute Gasteiger partial charge is 0.493 e. The minimum absolute atomic E-state index is 0.122. The van der Waals surface area contributed by atoms with Gasteiger partial charge in [0, 0.05) is 0 Å². The van der Waals surface area contributed by atoms with Gasteiger partial charge in [-0.2, -0.15) is 0 Å². The Balaban J connectivity index is 2.33. The summed E-state index contributed by atoms with van der Waals surface area (Å²) in [6, 6.07) is 12.0. The molecule has 0 atom stereocenters. The molecule has 2 aromatic rings. The average molecular weight is 302 g/mol. The van der Waals surface area contributed by atoms with E-state index in [9.17, 15) is 10.1 Å². The number of oxime groups is 1. The second kappa shape index (κ2) is 7.07. The summed E-state index contributed by atoms with van der Waals surface area (Å²) in [6.45, 7) is 0.252. The van der Waals surface area contributed by atoms with Crippen molar-refractivity contribution in [2.45, 2.75) is 6.61 Å². The molecular weight excluding hydrogens is 288 g/mol. The Morgan fingerprint density at radius 2 is 2.00 bits per heavy atom. The van der Waals surface area contributed by atoms with Crippen LogP contribution in [0.15, 0.2) is 47.6 Å². The van der Waals surface area contributed by atoms with Crippen molar-refractivity contribution in [2.24, 2.45) is 5.16 Å². The lowest BCUT2D eigenvalue weighted by Crippen LogP contribution is -2.01. The maximum absolute atomic E-state index is 11.1. The first kappa shape index (κ1) is 15.3. The molecule has 0 spiro atoms. The lowest BCUT2D eigenvalue weighted by atomic mass is 10.1. The molecule has 0 saturated heterocycles. The molecule has 2 aromatic carbocycles. The van der Waals surface area contributed by atoms with Gasteiger partial charge in [0.05, 0.1) is 29.9 Å². The van der Waals surface area contributed by atoms with Gasteiger partial charge in [0.25, 0.3) is 5.69 Å². The predicted octanol–water partition coefficient (Wildman–Crippen LogP) is 2.99. The number of benzene rings is 2. The molecule has 0 heterocycles. The fourth-order valence-electron chi connectivity index (χ4n) is 1.90. The molecule has 2 rings (SSSR count). The van der Waals surface area contributed by atoms with E-state index in [4.69, 9.17) is 14.7 Å². The van der Waals surface area contributed by atoms with E-state index in [0.29, 0.717) is 5.75 Å². The predicted molar refractivity (Wildman–Crippen MR) is 79.8 cm³/mol. The summed E-state index contributed by atoms with van der Waals surface area (Å²) in [5.41, 5.74) is 0.811. The molecule has 0 aliphatic carbocycles. The Kier molecular flexibility index (Phi) is 4.92. The number of methoxy groups -OCH3 is 1. The summed E-state index contributed by atoms with van der Waals surface area (Å²) in [4.78, 5) is 10.5. The summed E-state index contributed by atoms with van der Waals surface area (Å²) in [6.07, 6.45) is 0.974. The molecule has 7 nitrogen and oxygen atoms in total. The second-order valence-electron chi connectivity index (χ2n) is 4.34. The normalized spacial score (nSPS) is 10.6. The Labute approximate surface area is 126 Å². The molecule has 0 radical (unpaired) electrons. The second-order valence-corrected chi connectivity index (χ2v) is 4.34. The Morgan fingerprint density at radius 3 is 2.59 bits per heavy atom. The third-order valence-electron chi connectivity index (χ3n) is 2.94. The van der Waals surface area contributed by atoms with Gasteiger partial charge in [-0.25, -0.2) is 0 Å². The highest BCUT2D eigenvalue weighted by Crippen LogP contribution is 2.34. The first-order chi connectivity index (χ1) is 10.7. The molecule has 7 heteroatoms. The van der Waals surface area contributed by atoms with Gasteiger partial charge in [0.15, 0.2) is 11.5 Å². The standard InChI is InChI=1S/C15H14N2O5/c1-21-14-7-12(9-16-18)13(17(19)20)8-15(14)22-10-11-5-3-2-4-6-11/h2-9,18H,10H2,1H3. The number of nitrogens with zero attached hydrogens (tertiary/aromatic N) is 2. The van der Waals surface area contributed by atoms with Gasteiger partial charge in [-0.1, -0.05) is 35.5 Å². The van der Waals surface area contributed by atoms with Crippen LogP contribution in [0.2, 0.25) is 0 Å². The lowest BCUT2D eigenvalue weighted by molar-refractivity contribution is -0.385. The van der Waals surface area contributed by atoms with Crippen molar-refractivity contribution in [1.82, 2.24) is 0 Å². The van der Waals surface area contributed by atoms with Gasteiger partial charge < -0.3 is 14.7 Å². The minimum Gasteiger partial charge on any atom is -0.493 e. The van der Waals surface area contributed by atoms with E-state index in [-0.39, 0.29) is 23.6 Å². The third kappa shape index (κ3) is 3.51. The summed E-state index contributed by atoms with van der Waals surface area (Å²) in [5, 5.41) is 22.5. The van der Waals surface area contributed by atoms with Gasteiger partial charge in [0.1, 0.15) is 6.61 Å². The van der Waals surface area contributed by atoms with E-state index >= 15 is 0 Å². The van der Waals surface area contributed by atoms with Crippen molar-refractivity contribution >= 4 is 11.9 Å². The molecule has 0 amide bonds. The molecular formula is C15H14N2O5. The number of hydrogen-bond acceptors (Lipinski definition) is 6. The fraction of sp³-hybridized carbons (Fsp3) is 0.133. The molecule has 0 aromatic heterocycles. The Morgan fingerprint density at radius 1 is 1.27 bits per heavy atom. The SMILES string of the molecule is COc1cc(C=NO)c([N+](=O)[O-])cc1OCc1ccccc1. The summed E-state index contributed by atoms with van der Waals surface area (Å²) >= 11 is 0. The van der Waals surface area contributed by atoms with Crippen molar-refractivity contribution in [3.63, 3.8) is 0 Å². The van der Waals surface area contributed by atoms with Crippen molar-refractivity contribution < 1.29 is 19.6 Å². The van der Waals surface area contributed by atoms with E-state index < -0.39 is 4.92 Å². The smallest absolute Gasteiger partial charge is 0.282 e. The first-order valence-electron chi connectivity index (χ1n) is 6.36. The van der Waals surface area contributed by atoms with E-state index in [1.807, 2.05) is 30.3 Å². The number of nitro benzene ring substituents is 1. The van der Waals surface area contributed by atoms with Crippen LogP contribution in [0.5, 0.6) is 11.5 Å². The van der Waals surface area contributed by atoms with Crippen molar-refractivity contribution in [3.05, 3.63) is 63.7 Å². The van der Waals surface area contributed by atoms with Crippen molar-refractivity contribution in [2.75, 3.05) is 7.11 Å². The van der Waals surface area contributed by atoms with Crippen LogP contribution < -0.4 is 9.47 Å². The van der Waals surface area contributed by atoms with Gasteiger partial charge in [0.2, 0.25) is 0 Å². The zero-order valence-corrected chi connectivity index (χ0v) is 11.8. The minimum atomic E-state index is -0.578. The van der Waals surface area contributed by atoms with Crippen LogP contribution in [0.25, 0.3) is 0 Å². The van der Waals surface area contributed by atoms with E-state index in [1.165, 1.54) is 19.2 Å². The fourth-order valence-corrected chi connectivity index (χ4v) is 1.90. The maximum Gasteiger partial charge on any atom is 0.282 e. The van der Waals surface area contributed by atoms with Gasteiger partial charge in [-0.15, -0.1) is 0 Å². The zero-order valence-electron chi connectivity index (χ0n) is 11.8. The molecule has 0 aliphatic rings.